The van der Waals surface area contributed by atoms with Gasteiger partial charge in [0.2, 0.25) is 0 Å². The zero-order valence-corrected chi connectivity index (χ0v) is 11.0. The molecule has 2 aromatic rings. The maximum atomic E-state index is 11.9. The highest BCUT2D eigenvalue weighted by Gasteiger charge is 2.15. The number of carbonyl (C=O) groups excluding carboxylic acids is 1. The molecule has 0 aliphatic heterocycles. The van der Waals surface area contributed by atoms with Crippen LogP contribution in [0.5, 0.6) is 0 Å². The van der Waals surface area contributed by atoms with Gasteiger partial charge in [-0.3, -0.25) is 4.79 Å². The van der Waals surface area contributed by atoms with Crippen LogP contribution in [0.25, 0.3) is 0 Å². The van der Waals surface area contributed by atoms with Crippen LogP contribution in [0.2, 0.25) is 10.2 Å². The van der Waals surface area contributed by atoms with E-state index in [1.807, 2.05) is 12.3 Å². The quantitative estimate of drug-likeness (QED) is 0.862. The summed E-state index contributed by atoms with van der Waals surface area (Å²) >= 11 is 13.0. The number of amides is 1. The first kappa shape index (κ1) is 12.3. The van der Waals surface area contributed by atoms with Gasteiger partial charge in [0.25, 0.3) is 5.91 Å². The molecule has 0 radical (unpaired) electrons. The zero-order valence-electron chi connectivity index (χ0n) is 8.70. The molecule has 0 spiro atoms. The summed E-state index contributed by atoms with van der Waals surface area (Å²) in [5, 5.41) is 5.16. The number of hydrogen-bond donors (Lipinski definition) is 1. The number of rotatable bonds is 2. The van der Waals surface area contributed by atoms with Gasteiger partial charge in [0.15, 0.2) is 0 Å². The van der Waals surface area contributed by atoms with E-state index in [1.54, 1.807) is 0 Å². The molecule has 0 bridgehead atoms. The SMILES string of the molecule is Cc1csc(C(=O)Nc2cc(Cl)ncn2)c1Cl. The lowest BCUT2D eigenvalue weighted by Crippen LogP contribution is -2.12. The molecule has 0 unspecified atom stereocenters. The molecule has 0 aliphatic carbocycles. The third kappa shape index (κ3) is 2.74. The predicted molar refractivity (Wildman–Crippen MR) is 69.1 cm³/mol. The summed E-state index contributed by atoms with van der Waals surface area (Å²) in [7, 11) is 0. The van der Waals surface area contributed by atoms with Gasteiger partial charge in [-0.2, -0.15) is 0 Å². The number of hydrogen-bond acceptors (Lipinski definition) is 4. The van der Waals surface area contributed by atoms with Gasteiger partial charge >= 0.3 is 0 Å². The van der Waals surface area contributed by atoms with E-state index < -0.39 is 0 Å². The van der Waals surface area contributed by atoms with E-state index in [0.717, 1.165) is 5.56 Å². The highest BCUT2D eigenvalue weighted by atomic mass is 35.5. The van der Waals surface area contributed by atoms with Gasteiger partial charge in [-0.25, -0.2) is 9.97 Å². The van der Waals surface area contributed by atoms with E-state index >= 15 is 0 Å². The van der Waals surface area contributed by atoms with Crippen LogP contribution >= 0.6 is 34.5 Å². The molecule has 4 nitrogen and oxygen atoms in total. The van der Waals surface area contributed by atoms with Crippen LogP contribution in [0.3, 0.4) is 0 Å². The summed E-state index contributed by atoms with van der Waals surface area (Å²) in [6.45, 7) is 1.84. The van der Waals surface area contributed by atoms with E-state index in [2.05, 4.69) is 15.3 Å². The Kier molecular flexibility index (Phi) is 3.61. The lowest BCUT2D eigenvalue weighted by atomic mass is 10.3. The second-order valence-corrected chi connectivity index (χ2v) is 4.89. The Balaban J connectivity index is 2.20. The Hall–Kier alpha value is -1.17. The molecule has 0 saturated heterocycles. The minimum absolute atomic E-state index is 0.267. The predicted octanol–water partition coefficient (Wildman–Crippen LogP) is 3.41. The van der Waals surface area contributed by atoms with Gasteiger partial charge in [0, 0.05) is 6.07 Å². The summed E-state index contributed by atoms with van der Waals surface area (Å²) < 4.78 is 0. The highest BCUT2D eigenvalue weighted by Crippen LogP contribution is 2.27. The molecule has 1 N–H and O–H groups in total. The Bertz CT molecular complexity index is 570. The molecule has 2 rings (SSSR count). The van der Waals surface area contributed by atoms with Crippen molar-refractivity contribution < 1.29 is 4.79 Å². The molecule has 0 fully saturated rings. The van der Waals surface area contributed by atoms with Crippen LogP contribution in [0.4, 0.5) is 5.82 Å². The van der Waals surface area contributed by atoms with Crippen LogP contribution in [0.15, 0.2) is 17.8 Å². The van der Waals surface area contributed by atoms with Gasteiger partial charge in [-0.1, -0.05) is 23.2 Å². The Labute approximate surface area is 112 Å². The number of aromatic nitrogens is 2. The minimum Gasteiger partial charge on any atom is -0.306 e. The minimum atomic E-state index is -0.303. The van der Waals surface area contributed by atoms with Crippen LogP contribution in [-0.2, 0) is 0 Å². The average molecular weight is 288 g/mol. The summed E-state index contributed by atoms with van der Waals surface area (Å²) in [5.41, 5.74) is 0.877. The fourth-order valence-corrected chi connectivity index (χ4v) is 2.48. The summed E-state index contributed by atoms with van der Waals surface area (Å²) in [6, 6.07) is 1.47. The molecule has 0 aromatic carbocycles. The third-order valence-electron chi connectivity index (χ3n) is 1.98. The van der Waals surface area contributed by atoms with Gasteiger partial charge in [-0.05, 0) is 17.9 Å². The number of halogens is 2. The number of nitrogens with zero attached hydrogens (tertiary/aromatic N) is 2. The number of nitrogens with one attached hydrogen (secondary N) is 1. The third-order valence-corrected chi connectivity index (χ3v) is 3.88. The fourth-order valence-electron chi connectivity index (χ4n) is 1.16. The van der Waals surface area contributed by atoms with Crippen molar-refractivity contribution in [3.05, 3.63) is 38.4 Å². The van der Waals surface area contributed by atoms with E-state index in [9.17, 15) is 4.79 Å². The fraction of sp³-hybridized carbons (Fsp3) is 0.100. The molecule has 0 saturated carbocycles. The van der Waals surface area contributed by atoms with Gasteiger partial charge < -0.3 is 5.32 Å². The van der Waals surface area contributed by atoms with E-state index in [0.29, 0.717) is 15.7 Å². The molecule has 1 amide bonds. The number of carbonyl (C=O) groups is 1. The second kappa shape index (κ2) is 5.00. The average Bonchev–Trinajstić information content (AvgIpc) is 2.60. The van der Waals surface area contributed by atoms with Crippen molar-refractivity contribution in [2.45, 2.75) is 6.92 Å². The van der Waals surface area contributed by atoms with E-state index in [-0.39, 0.29) is 11.1 Å². The van der Waals surface area contributed by atoms with Crippen molar-refractivity contribution in [1.29, 1.82) is 0 Å². The Morgan fingerprint density at radius 2 is 2.18 bits per heavy atom. The van der Waals surface area contributed by atoms with Crippen molar-refractivity contribution in [2.24, 2.45) is 0 Å². The smallest absolute Gasteiger partial charge is 0.268 e. The van der Waals surface area contributed by atoms with Crippen LogP contribution in [-0.4, -0.2) is 15.9 Å². The first-order valence-electron chi connectivity index (χ1n) is 4.60. The van der Waals surface area contributed by atoms with Crippen LogP contribution in [0, 0.1) is 6.92 Å². The highest BCUT2D eigenvalue weighted by molar-refractivity contribution is 7.13. The Morgan fingerprint density at radius 1 is 1.41 bits per heavy atom. The number of aryl methyl sites for hydroxylation is 1. The van der Waals surface area contributed by atoms with Crippen molar-refractivity contribution in [3.63, 3.8) is 0 Å². The van der Waals surface area contributed by atoms with Gasteiger partial charge in [0.1, 0.15) is 22.2 Å². The lowest BCUT2D eigenvalue weighted by Gasteiger charge is -2.02. The van der Waals surface area contributed by atoms with Crippen molar-refractivity contribution >= 4 is 46.3 Å². The Morgan fingerprint density at radius 3 is 2.76 bits per heavy atom. The summed E-state index contributed by atoms with van der Waals surface area (Å²) in [4.78, 5) is 19.9. The van der Waals surface area contributed by atoms with Crippen LogP contribution in [0.1, 0.15) is 15.2 Å². The zero-order chi connectivity index (χ0) is 12.4. The van der Waals surface area contributed by atoms with E-state index in [4.69, 9.17) is 23.2 Å². The molecule has 88 valence electrons. The van der Waals surface area contributed by atoms with Crippen molar-refractivity contribution in [2.75, 3.05) is 5.32 Å². The molecule has 2 heterocycles. The molecule has 0 aliphatic rings. The largest absolute Gasteiger partial charge is 0.306 e. The second-order valence-electron chi connectivity index (χ2n) is 3.24. The summed E-state index contributed by atoms with van der Waals surface area (Å²) in [5.74, 6) is 0.0417. The van der Waals surface area contributed by atoms with Crippen molar-refractivity contribution in [1.82, 2.24) is 9.97 Å². The van der Waals surface area contributed by atoms with Gasteiger partial charge in [0.05, 0.1) is 5.02 Å². The topological polar surface area (TPSA) is 54.9 Å². The molecular formula is C10H7Cl2N3OS. The summed E-state index contributed by atoms with van der Waals surface area (Å²) in [6.07, 6.45) is 1.28. The van der Waals surface area contributed by atoms with Gasteiger partial charge in [-0.15, -0.1) is 11.3 Å². The monoisotopic (exact) mass is 287 g/mol. The molecular weight excluding hydrogens is 281 g/mol. The lowest BCUT2D eigenvalue weighted by molar-refractivity contribution is 0.103. The first-order chi connectivity index (χ1) is 8.08. The van der Waals surface area contributed by atoms with Crippen LogP contribution < -0.4 is 5.32 Å². The standard InChI is InChI=1S/C10H7Cl2N3OS/c1-5-3-17-9(8(5)12)10(16)15-7-2-6(11)13-4-14-7/h2-4H,1H3,(H,13,14,15,16). The molecule has 17 heavy (non-hydrogen) atoms. The molecule has 7 heteroatoms. The molecule has 0 atom stereocenters. The maximum absolute atomic E-state index is 11.9. The normalized spacial score (nSPS) is 10.3. The van der Waals surface area contributed by atoms with E-state index in [1.165, 1.54) is 23.7 Å². The number of anilines is 1. The number of thiophene rings is 1. The van der Waals surface area contributed by atoms with Crippen molar-refractivity contribution in [3.8, 4) is 0 Å². The molecule has 2 aromatic heterocycles. The first-order valence-corrected chi connectivity index (χ1v) is 6.24. The maximum Gasteiger partial charge on any atom is 0.268 e.